The molecule has 3 aliphatic rings. The van der Waals surface area contributed by atoms with Crippen molar-refractivity contribution in [2.45, 2.75) is 50.7 Å². The van der Waals surface area contributed by atoms with E-state index < -0.39 is 0 Å². The second-order valence-corrected chi connectivity index (χ2v) is 9.22. The summed E-state index contributed by atoms with van der Waals surface area (Å²) in [6.45, 7) is 8.07. The average molecular weight is 295 g/mol. The fraction of sp³-hybridized carbons (Fsp3) is 0.938. The predicted molar refractivity (Wildman–Crippen MR) is 88.5 cm³/mol. The van der Waals surface area contributed by atoms with Crippen molar-refractivity contribution in [1.29, 1.82) is 0 Å². The van der Waals surface area contributed by atoms with Gasteiger partial charge in [0, 0.05) is 37.2 Å². The zero-order valence-corrected chi connectivity index (χ0v) is 14.1. The fourth-order valence-electron chi connectivity index (χ4n) is 3.84. The molecule has 0 aromatic rings. The number of hydrogen-bond donors (Lipinski definition) is 1. The highest BCUT2D eigenvalue weighted by atomic mass is 32.2. The van der Waals surface area contributed by atoms with Crippen LogP contribution in [0, 0.1) is 11.3 Å². The van der Waals surface area contributed by atoms with Gasteiger partial charge in [0.2, 0.25) is 0 Å². The molecule has 3 nitrogen and oxygen atoms in total. The van der Waals surface area contributed by atoms with Crippen molar-refractivity contribution in [2.75, 3.05) is 32.4 Å². The summed E-state index contributed by atoms with van der Waals surface area (Å²) in [5.41, 5.74) is 0.621. The first kappa shape index (κ1) is 14.6. The Labute approximate surface area is 128 Å². The summed E-state index contributed by atoms with van der Waals surface area (Å²) < 4.78 is 0.348. The minimum Gasteiger partial charge on any atom is -0.356 e. The Morgan fingerprint density at radius 3 is 2.60 bits per heavy atom. The summed E-state index contributed by atoms with van der Waals surface area (Å²) in [6.07, 6.45) is 7.23. The lowest BCUT2D eigenvalue weighted by Crippen LogP contribution is -2.53. The zero-order chi connectivity index (χ0) is 14.2. The number of hydrogen-bond acceptors (Lipinski definition) is 2. The van der Waals surface area contributed by atoms with Crippen LogP contribution in [0.1, 0.15) is 46.0 Å². The number of nitrogens with zero attached hydrogens (tertiary/aromatic N) is 2. The molecule has 0 amide bonds. The quantitative estimate of drug-likeness (QED) is 0.641. The van der Waals surface area contributed by atoms with Crippen LogP contribution < -0.4 is 5.32 Å². The largest absolute Gasteiger partial charge is 0.356 e. The highest BCUT2D eigenvalue weighted by Crippen LogP contribution is 2.56. The van der Waals surface area contributed by atoms with Gasteiger partial charge in [0.1, 0.15) is 0 Å². The van der Waals surface area contributed by atoms with Gasteiger partial charge < -0.3 is 10.2 Å². The molecule has 2 saturated carbocycles. The second kappa shape index (κ2) is 5.43. The smallest absolute Gasteiger partial charge is 0.193 e. The van der Waals surface area contributed by atoms with Crippen molar-refractivity contribution in [3.8, 4) is 0 Å². The first-order valence-corrected chi connectivity index (χ1v) is 9.13. The lowest BCUT2D eigenvalue weighted by Gasteiger charge is -2.44. The van der Waals surface area contributed by atoms with Gasteiger partial charge in [-0.2, -0.15) is 11.8 Å². The average Bonchev–Trinajstić information content (AvgIpc) is 3.16. The Morgan fingerprint density at radius 2 is 2.10 bits per heavy atom. The summed E-state index contributed by atoms with van der Waals surface area (Å²) in [5, 5.41) is 3.71. The first-order chi connectivity index (χ1) is 9.55. The molecule has 0 aromatic carbocycles. The van der Waals surface area contributed by atoms with Crippen LogP contribution in [0.3, 0.4) is 0 Å². The molecule has 1 aliphatic heterocycles. The topological polar surface area (TPSA) is 27.6 Å². The molecule has 3 fully saturated rings. The van der Waals surface area contributed by atoms with Crippen molar-refractivity contribution in [2.24, 2.45) is 16.3 Å². The molecule has 2 aliphatic carbocycles. The van der Waals surface area contributed by atoms with E-state index in [0.29, 0.717) is 10.2 Å². The van der Waals surface area contributed by atoms with E-state index in [9.17, 15) is 0 Å². The van der Waals surface area contributed by atoms with E-state index in [1.807, 2.05) is 7.05 Å². The highest BCUT2D eigenvalue weighted by Gasteiger charge is 2.49. The van der Waals surface area contributed by atoms with Crippen LogP contribution in [-0.4, -0.2) is 48.0 Å². The molecule has 1 heterocycles. The highest BCUT2D eigenvalue weighted by molar-refractivity contribution is 8.00. The van der Waals surface area contributed by atoms with Crippen LogP contribution in [0.4, 0.5) is 0 Å². The minimum atomic E-state index is 0.348. The van der Waals surface area contributed by atoms with Gasteiger partial charge >= 0.3 is 0 Å². The maximum atomic E-state index is 4.54. The van der Waals surface area contributed by atoms with E-state index in [0.717, 1.165) is 31.5 Å². The van der Waals surface area contributed by atoms with Gasteiger partial charge in [0.25, 0.3) is 0 Å². The third-order valence-corrected chi connectivity index (χ3v) is 6.63. The molecule has 20 heavy (non-hydrogen) atoms. The molecular formula is C16H29N3S. The molecule has 0 spiro atoms. The summed E-state index contributed by atoms with van der Waals surface area (Å²) >= 11 is 2.08. The van der Waals surface area contributed by atoms with Crippen LogP contribution in [0.5, 0.6) is 0 Å². The lowest BCUT2D eigenvalue weighted by molar-refractivity contribution is 0.104. The number of guanidine groups is 1. The molecule has 114 valence electrons. The van der Waals surface area contributed by atoms with Crippen LogP contribution in [-0.2, 0) is 0 Å². The Kier molecular flexibility index (Phi) is 3.95. The van der Waals surface area contributed by atoms with Gasteiger partial charge in [-0.05, 0) is 50.9 Å². The maximum Gasteiger partial charge on any atom is 0.193 e. The third kappa shape index (κ3) is 2.95. The Balaban J connectivity index is 1.57. The third-order valence-electron chi connectivity index (χ3n) is 5.33. The molecule has 0 aromatic heterocycles. The number of nitrogens with one attached hydrogen (secondary N) is 1. The summed E-state index contributed by atoms with van der Waals surface area (Å²) in [6, 6.07) is 0. The van der Waals surface area contributed by atoms with Crippen LogP contribution in [0.15, 0.2) is 4.99 Å². The SMILES string of the molecule is CN=C(NCC1(C2CC2)CCC1)N1CCSC(C)(C)C1. The lowest BCUT2D eigenvalue weighted by atomic mass is 9.65. The molecule has 4 heteroatoms. The molecule has 1 N–H and O–H groups in total. The molecule has 3 rings (SSSR count). The number of rotatable bonds is 3. The van der Waals surface area contributed by atoms with E-state index in [2.05, 4.69) is 40.8 Å². The zero-order valence-electron chi connectivity index (χ0n) is 13.2. The Morgan fingerprint density at radius 1 is 1.35 bits per heavy atom. The van der Waals surface area contributed by atoms with Crippen LogP contribution >= 0.6 is 11.8 Å². The van der Waals surface area contributed by atoms with Crippen molar-refractivity contribution in [3.63, 3.8) is 0 Å². The van der Waals surface area contributed by atoms with E-state index in [1.165, 1.54) is 37.9 Å². The summed E-state index contributed by atoms with van der Waals surface area (Å²) in [5.74, 6) is 3.35. The Bertz CT molecular complexity index is 383. The van der Waals surface area contributed by atoms with Gasteiger partial charge in [0.15, 0.2) is 5.96 Å². The van der Waals surface area contributed by atoms with E-state index in [-0.39, 0.29) is 0 Å². The molecule has 0 radical (unpaired) electrons. The van der Waals surface area contributed by atoms with E-state index in [1.54, 1.807) is 0 Å². The molecule has 0 unspecified atom stereocenters. The van der Waals surface area contributed by atoms with Gasteiger partial charge in [-0.25, -0.2) is 0 Å². The van der Waals surface area contributed by atoms with Crippen molar-refractivity contribution in [1.82, 2.24) is 10.2 Å². The van der Waals surface area contributed by atoms with Gasteiger partial charge in [-0.3, -0.25) is 4.99 Å². The molecule has 1 saturated heterocycles. The summed E-state index contributed by atoms with van der Waals surface area (Å²) in [4.78, 5) is 6.99. The van der Waals surface area contributed by atoms with Gasteiger partial charge in [0.05, 0.1) is 0 Å². The van der Waals surface area contributed by atoms with Gasteiger partial charge in [-0.1, -0.05) is 6.42 Å². The maximum absolute atomic E-state index is 4.54. The fourth-order valence-corrected chi connectivity index (χ4v) is 4.95. The molecule has 0 atom stereocenters. The molecular weight excluding hydrogens is 266 g/mol. The van der Waals surface area contributed by atoms with Crippen LogP contribution in [0.2, 0.25) is 0 Å². The normalized spacial score (nSPS) is 28.9. The standard InChI is InChI=1S/C16H29N3S/c1-15(2)12-19(9-10-20-15)14(17-3)18-11-16(7-4-8-16)13-5-6-13/h13H,4-12H2,1-3H3,(H,17,18). The minimum absolute atomic E-state index is 0.348. The van der Waals surface area contributed by atoms with E-state index >= 15 is 0 Å². The second-order valence-electron chi connectivity index (χ2n) is 7.42. The Hall–Kier alpha value is -0.380. The van der Waals surface area contributed by atoms with E-state index in [4.69, 9.17) is 0 Å². The van der Waals surface area contributed by atoms with Crippen LogP contribution in [0.25, 0.3) is 0 Å². The number of aliphatic imine (C=N–C) groups is 1. The monoisotopic (exact) mass is 295 g/mol. The summed E-state index contributed by atoms with van der Waals surface area (Å²) in [7, 11) is 1.93. The number of thioether (sulfide) groups is 1. The van der Waals surface area contributed by atoms with Crippen molar-refractivity contribution < 1.29 is 0 Å². The van der Waals surface area contributed by atoms with Crippen molar-refractivity contribution in [3.05, 3.63) is 0 Å². The predicted octanol–water partition coefficient (Wildman–Crippen LogP) is 2.97. The first-order valence-electron chi connectivity index (χ1n) is 8.14. The van der Waals surface area contributed by atoms with Crippen molar-refractivity contribution >= 4 is 17.7 Å². The molecule has 0 bridgehead atoms. The van der Waals surface area contributed by atoms with Gasteiger partial charge in [-0.15, -0.1) is 0 Å².